The first-order chi connectivity index (χ1) is 9.52. The quantitative estimate of drug-likeness (QED) is 0.717. The van der Waals surface area contributed by atoms with Crippen molar-refractivity contribution in [2.45, 2.75) is 45.7 Å². The molecule has 0 spiro atoms. The van der Waals surface area contributed by atoms with Gasteiger partial charge in [0.1, 0.15) is 0 Å². The molecule has 3 atom stereocenters. The zero-order valence-corrected chi connectivity index (χ0v) is 12.6. The number of aryl methyl sites for hydroxylation is 1. The molecule has 1 aromatic carbocycles. The number of carbonyl (C=O) groups excluding carboxylic acids is 1. The van der Waals surface area contributed by atoms with Crippen LogP contribution in [0.1, 0.15) is 32.8 Å². The van der Waals surface area contributed by atoms with Gasteiger partial charge in [-0.1, -0.05) is 37.3 Å². The van der Waals surface area contributed by atoms with Crippen LogP contribution in [0.3, 0.4) is 0 Å². The molecule has 4 nitrogen and oxygen atoms in total. The molecule has 0 aliphatic rings. The van der Waals surface area contributed by atoms with Crippen molar-refractivity contribution in [3.63, 3.8) is 0 Å². The van der Waals surface area contributed by atoms with Crippen LogP contribution in [-0.4, -0.2) is 29.8 Å². The SMILES string of the molecule is CC(CCc1ccccc1)NC(=O)NC(C)C(C)CO. The lowest BCUT2D eigenvalue weighted by molar-refractivity contribution is 0.199. The molecule has 0 aliphatic heterocycles. The van der Waals surface area contributed by atoms with E-state index in [0.717, 1.165) is 12.8 Å². The molecule has 0 saturated carbocycles. The van der Waals surface area contributed by atoms with Crippen LogP contribution in [0, 0.1) is 5.92 Å². The van der Waals surface area contributed by atoms with E-state index in [1.165, 1.54) is 5.56 Å². The number of hydrogen-bond donors (Lipinski definition) is 3. The number of carbonyl (C=O) groups is 1. The van der Waals surface area contributed by atoms with E-state index in [-0.39, 0.29) is 30.6 Å². The molecular weight excluding hydrogens is 252 g/mol. The molecule has 2 amide bonds. The molecule has 0 bridgehead atoms. The van der Waals surface area contributed by atoms with E-state index >= 15 is 0 Å². The van der Waals surface area contributed by atoms with Crippen LogP contribution in [0.15, 0.2) is 30.3 Å². The number of urea groups is 1. The monoisotopic (exact) mass is 278 g/mol. The number of aliphatic hydroxyl groups is 1. The zero-order valence-electron chi connectivity index (χ0n) is 12.6. The summed E-state index contributed by atoms with van der Waals surface area (Å²) in [6.45, 7) is 5.88. The summed E-state index contributed by atoms with van der Waals surface area (Å²) < 4.78 is 0. The number of nitrogens with one attached hydrogen (secondary N) is 2. The van der Waals surface area contributed by atoms with Gasteiger partial charge in [-0.15, -0.1) is 0 Å². The zero-order chi connectivity index (χ0) is 15.0. The molecule has 0 aliphatic carbocycles. The summed E-state index contributed by atoms with van der Waals surface area (Å²) in [4.78, 5) is 11.8. The van der Waals surface area contributed by atoms with Gasteiger partial charge in [0.15, 0.2) is 0 Å². The van der Waals surface area contributed by atoms with Gasteiger partial charge in [-0.3, -0.25) is 0 Å². The topological polar surface area (TPSA) is 61.4 Å². The fourth-order valence-corrected chi connectivity index (χ4v) is 1.87. The van der Waals surface area contributed by atoms with Crippen molar-refractivity contribution < 1.29 is 9.90 Å². The molecule has 0 saturated heterocycles. The smallest absolute Gasteiger partial charge is 0.315 e. The molecule has 4 heteroatoms. The third kappa shape index (κ3) is 6.06. The Labute approximate surface area is 121 Å². The van der Waals surface area contributed by atoms with Crippen LogP contribution in [-0.2, 0) is 6.42 Å². The molecule has 1 rings (SSSR count). The summed E-state index contributed by atoms with van der Waals surface area (Å²) in [5.74, 6) is 0.0559. The minimum absolute atomic E-state index is 0.0404. The number of amides is 2. The fourth-order valence-electron chi connectivity index (χ4n) is 1.87. The Morgan fingerprint density at radius 2 is 1.80 bits per heavy atom. The minimum Gasteiger partial charge on any atom is -0.396 e. The molecular formula is C16H26N2O2. The number of rotatable bonds is 7. The second kappa shape index (κ2) is 8.59. The minimum atomic E-state index is -0.168. The maximum atomic E-state index is 11.8. The van der Waals surface area contributed by atoms with Crippen LogP contribution in [0.4, 0.5) is 4.79 Å². The van der Waals surface area contributed by atoms with E-state index in [9.17, 15) is 4.79 Å². The molecule has 0 aromatic heterocycles. The lowest BCUT2D eigenvalue weighted by Crippen LogP contribution is -2.47. The van der Waals surface area contributed by atoms with E-state index in [2.05, 4.69) is 22.8 Å². The third-order valence-electron chi connectivity index (χ3n) is 3.59. The summed E-state index contributed by atoms with van der Waals surface area (Å²) >= 11 is 0. The predicted octanol–water partition coefficient (Wildman–Crippen LogP) is 2.32. The molecule has 1 aromatic rings. The van der Waals surface area contributed by atoms with Crippen molar-refractivity contribution in [2.75, 3.05) is 6.61 Å². The molecule has 3 unspecified atom stereocenters. The van der Waals surface area contributed by atoms with E-state index in [1.807, 2.05) is 39.0 Å². The van der Waals surface area contributed by atoms with Crippen molar-refractivity contribution in [1.29, 1.82) is 0 Å². The first-order valence-corrected chi connectivity index (χ1v) is 7.24. The van der Waals surface area contributed by atoms with Crippen molar-refractivity contribution in [3.8, 4) is 0 Å². The maximum Gasteiger partial charge on any atom is 0.315 e. The van der Waals surface area contributed by atoms with E-state index in [1.54, 1.807) is 0 Å². The standard InChI is InChI=1S/C16H26N2O2/c1-12(11-19)14(3)18-16(20)17-13(2)9-10-15-7-5-4-6-8-15/h4-8,12-14,19H,9-11H2,1-3H3,(H2,17,18,20). The van der Waals surface area contributed by atoms with Crippen molar-refractivity contribution in [1.82, 2.24) is 10.6 Å². The highest BCUT2D eigenvalue weighted by molar-refractivity contribution is 5.74. The van der Waals surface area contributed by atoms with Crippen LogP contribution in [0.2, 0.25) is 0 Å². The third-order valence-corrected chi connectivity index (χ3v) is 3.59. The van der Waals surface area contributed by atoms with Gasteiger partial charge in [0.05, 0.1) is 0 Å². The lowest BCUT2D eigenvalue weighted by Gasteiger charge is -2.21. The van der Waals surface area contributed by atoms with E-state index < -0.39 is 0 Å². The van der Waals surface area contributed by atoms with Crippen molar-refractivity contribution in [2.24, 2.45) is 5.92 Å². The number of aliphatic hydroxyl groups excluding tert-OH is 1. The van der Waals surface area contributed by atoms with Crippen LogP contribution in [0.25, 0.3) is 0 Å². The van der Waals surface area contributed by atoms with Gasteiger partial charge in [0.2, 0.25) is 0 Å². The summed E-state index contributed by atoms with van der Waals surface area (Å²) in [5.41, 5.74) is 1.28. The average Bonchev–Trinajstić information content (AvgIpc) is 2.45. The van der Waals surface area contributed by atoms with Crippen LogP contribution >= 0.6 is 0 Å². The predicted molar refractivity (Wildman–Crippen MR) is 81.6 cm³/mol. The highest BCUT2D eigenvalue weighted by atomic mass is 16.3. The van der Waals surface area contributed by atoms with Gasteiger partial charge in [0, 0.05) is 18.7 Å². The van der Waals surface area contributed by atoms with Gasteiger partial charge in [-0.05, 0) is 38.2 Å². The highest BCUT2D eigenvalue weighted by Crippen LogP contribution is 2.05. The summed E-state index contributed by atoms with van der Waals surface area (Å²) in [7, 11) is 0. The van der Waals surface area contributed by atoms with Crippen molar-refractivity contribution >= 4 is 6.03 Å². The molecule has 0 radical (unpaired) electrons. The first kappa shape index (κ1) is 16.5. The molecule has 20 heavy (non-hydrogen) atoms. The average molecular weight is 278 g/mol. The fraction of sp³-hybridized carbons (Fsp3) is 0.562. The largest absolute Gasteiger partial charge is 0.396 e. The molecule has 0 fully saturated rings. The Morgan fingerprint density at radius 3 is 2.40 bits per heavy atom. The highest BCUT2D eigenvalue weighted by Gasteiger charge is 2.14. The second-order valence-corrected chi connectivity index (χ2v) is 5.49. The molecule has 0 heterocycles. The summed E-state index contributed by atoms with van der Waals surface area (Å²) in [6, 6.07) is 10.2. The van der Waals surface area contributed by atoms with E-state index in [0.29, 0.717) is 0 Å². The second-order valence-electron chi connectivity index (χ2n) is 5.49. The lowest BCUT2D eigenvalue weighted by atomic mass is 10.1. The van der Waals surface area contributed by atoms with Crippen molar-refractivity contribution in [3.05, 3.63) is 35.9 Å². The van der Waals surface area contributed by atoms with E-state index in [4.69, 9.17) is 5.11 Å². The van der Waals surface area contributed by atoms with Gasteiger partial charge in [0.25, 0.3) is 0 Å². The van der Waals surface area contributed by atoms with Gasteiger partial charge >= 0.3 is 6.03 Å². The van der Waals surface area contributed by atoms with Gasteiger partial charge < -0.3 is 15.7 Å². The van der Waals surface area contributed by atoms with Gasteiger partial charge in [-0.2, -0.15) is 0 Å². The summed E-state index contributed by atoms with van der Waals surface area (Å²) in [6.07, 6.45) is 1.85. The Bertz CT molecular complexity index is 395. The van der Waals surface area contributed by atoms with Crippen LogP contribution in [0.5, 0.6) is 0 Å². The molecule has 112 valence electrons. The number of hydrogen-bond acceptors (Lipinski definition) is 2. The summed E-state index contributed by atoms with van der Waals surface area (Å²) in [5, 5.41) is 14.8. The Hall–Kier alpha value is -1.55. The van der Waals surface area contributed by atoms with Crippen LogP contribution < -0.4 is 10.6 Å². The Kier molecular flexibility index (Phi) is 7.09. The Morgan fingerprint density at radius 1 is 1.15 bits per heavy atom. The normalized spacial score (nSPS) is 15.2. The maximum absolute atomic E-state index is 11.8. The Balaban J connectivity index is 2.28. The van der Waals surface area contributed by atoms with Gasteiger partial charge in [-0.25, -0.2) is 4.79 Å². The first-order valence-electron chi connectivity index (χ1n) is 7.24. The molecule has 3 N–H and O–H groups in total. The number of benzene rings is 1.